The van der Waals surface area contributed by atoms with E-state index in [1.807, 2.05) is 0 Å². The number of hydrogen-bond acceptors (Lipinski definition) is 4. The van der Waals surface area contributed by atoms with Gasteiger partial charge >= 0.3 is 6.18 Å². The van der Waals surface area contributed by atoms with Gasteiger partial charge < -0.3 is 10.5 Å². The molecule has 0 saturated carbocycles. The number of benzene rings is 1. The molecule has 0 saturated heterocycles. The Bertz CT molecular complexity index is 567. The zero-order chi connectivity index (χ0) is 14.6. The molecule has 0 radical (unpaired) electrons. The Hall–Kier alpha value is -2.49. The van der Waals surface area contributed by atoms with Crippen molar-refractivity contribution in [1.82, 2.24) is 0 Å². The van der Waals surface area contributed by atoms with Crippen molar-refractivity contribution in [2.75, 3.05) is 0 Å². The lowest BCUT2D eigenvalue weighted by molar-refractivity contribution is -0.138. The van der Waals surface area contributed by atoms with Crippen LogP contribution in [0.25, 0.3) is 0 Å². The molecule has 0 spiro atoms. The van der Waals surface area contributed by atoms with Gasteiger partial charge in [0.25, 0.3) is 0 Å². The van der Waals surface area contributed by atoms with Gasteiger partial charge in [-0.1, -0.05) is 0 Å². The summed E-state index contributed by atoms with van der Waals surface area (Å²) in [6.45, 7) is 1.47. The molecule has 0 unspecified atom stereocenters. The van der Waals surface area contributed by atoms with Crippen LogP contribution in [0, 0.1) is 16.7 Å². The summed E-state index contributed by atoms with van der Waals surface area (Å²) >= 11 is 0. The van der Waals surface area contributed by atoms with Gasteiger partial charge in [-0.15, -0.1) is 0 Å². The van der Waals surface area contributed by atoms with Crippen LogP contribution < -0.4 is 10.5 Å². The lowest BCUT2D eigenvalue weighted by atomic mass is 10.1. The van der Waals surface area contributed by atoms with Crippen LogP contribution in [0.5, 0.6) is 5.75 Å². The summed E-state index contributed by atoms with van der Waals surface area (Å²) in [5.74, 6) is -1.07. The highest BCUT2D eigenvalue weighted by Gasteiger charge is 2.35. The molecule has 0 aliphatic rings. The minimum atomic E-state index is -4.68. The molecule has 3 N–H and O–H groups in total. The maximum atomic E-state index is 12.8. The second kappa shape index (κ2) is 5.44. The Kier molecular flexibility index (Phi) is 4.17. The molecule has 0 bridgehead atoms. The third kappa shape index (κ3) is 4.03. The molecular weight excluding hydrogens is 259 g/mol. The Morgan fingerprint density at radius 2 is 2.11 bits per heavy atom. The van der Waals surface area contributed by atoms with Crippen molar-refractivity contribution in [2.45, 2.75) is 13.1 Å². The minimum absolute atomic E-state index is 0.142. The van der Waals surface area contributed by atoms with Crippen molar-refractivity contribution in [3.63, 3.8) is 0 Å². The largest absolute Gasteiger partial charge is 0.439 e. The van der Waals surface area contributed by atoms with E-state index in [1.165, 1.54) is 13.0 Å². The first-order valence-corrected chi connectivity index (χ1v) is 5.05. The number of nitrogens with one attached hydrogen (secondary N) is 1. The fourth-order valence-corrected chi connectivity index (χ4v) is 1.26. The van der Waals surface area contributed by atoms with E-state index in [4.69, 9.17) is 21.1 Å². The van der Waals surface area contributed by atoms with E-state index >= 15 is 0 Å². The Morgan fingerprint density at radius 1 is 1.47 bits per heavy atom. The molecule has 7 heteroatoms. The SMILES string of the molecule is C/C(N)=C/C(=N)Oc1ccc(C#N)cc1C(F)(F)F. The topological polar surface area (TPSA) is 82.9 Å². The number of alkyl halides is 3. The van der Waals surface area contributed by atoms with Crippen molar-refractivity contribution in [1.29, 1.82) is 10.7 Å². The van der Waals surface area contributed by atoms with Crippen molar-refractivity contribution in [3.8, 4) is 11.8 Å². The third-order valence-corrected chi connectivity index (χ3v) is 1.99. The first kappa shape index (κ1) is 14.6. The third-order valence-electron chi connectivity index (χ3n) is 1.99. The van der Waals surface area contributed by atoms with Crippen LogP contribution in [-0.4, -0.2) is 5.90 Å². The molecule has 19 heavy (non-hydrogen) atoms. The fourth-order valence-electron chi connectivity index (χ4n) is 1.26. The number of nitrogens with two attached hydrogens (primary N) is 1. The van der Waals surface area contributed by atoms with Crippen LogP contribution in [0.3, 0.4) is 0 Å². The van der Waals surface area contributed by atoms with Gasteiger partial charge in [0.1, 0.15) is 5.75 Å². The molecule has 0 aliphatic carbocycles. The Labute approximate surface area is 107 Å². The molecule has 0 aromatic heterocycles. The summed E-state index contributed by atoms with van der Waals surface area (Å²) in [7, 11) is 0. The van der Waals surface area contributed by atoms with Gasteiger partial charge in [0.2, 0.25) is 5.90 Å². The molecule has 1 aromatic rings. The zero-order valence-electron chi connectivity index (χ0n) is 9.88. The lowest BCUT2D eigenvalue weighted by Crippen LogP contribution is -2.12. The summed E-state index contributed by atoms with van der Waals surface area (Å²) < 4.78 is 43.1. The van der Waals surface area contributed by atoms with Crippen LogP contribution in [0.4, 0.5) is 13.2 Å². The lowest BCUT2D eigenvalue weighted by Gasteiger charge is -2.13. The Balaban J connectivity index is 3.18. The quantitative estimate of drug-likeness (QED) is 0.639. The average Bonchev–Trinajstić information content (AvgIpc) is 2.26. The molecule has 1 aromatic carbocycles. The molecule has 0 atom stereocenters. The smallest absolute Gasteiger partial charge is 0.420 e. The summed E-state index contributed by atoms with van der Waals surface area (Å²) in [6, 6.07) is 4.45. The summed E-state index contributed by atoms with van der Waals surface area (Å²) in [4.78, 5) is 0. The van der Waals surface area contributed by atoms with Crippen LogP contribution in [0.15, 0.2) is 30.0 Å². The van der Waals surface area contributed by atoms with Crippen molar-refractivity contribution in [3.05, 3.63) is 41.1 Å². The van der Waals surface area contributed by atoms with Crippen molar-refractivity contribution < 1.29 is 17.9 Å². The molecule has 4 nitrogen and oxygen atoms in total. The first-order valence-electron chi connectivity index (χ1n) is 5.05. The van der Waals surface area contributed by atoms with Gasteiger partial charge in [0.15, 0.2) is 0 Å². The van der Waals surface area contributed by atoms with E-state index < -0.39 is 23.4 Å². The zero-order valence-corrected chi connectivity index (χ0v) is 9.88. The number of allylic oxidation sites excluding steroid dienone is 1. The maximum Gasteiger partial charge on any atom is 0.420 e. The van der Waals surface area contributed by atoms with Gasteiger partial charge in [-0.05, 0) is 25.1 Å². The molecule has 0 heterocycles. The highest BCUT2D eigenvalue weighted by atomic mass is 19.4. The van der Waals surface area contributed by atoms with Crippen molar-refractivity contribution >= 4 is 5.90 Å². The minimum Gasteiger partial charge on any atom is -0.439 e. The summed E-state index contributed by atoms with van der Waals surface area (Å²) in [5, 5.41) is 15.9. The standard InChI is InChI=1S/C12H10F3N3O/c1-7(17)4-11(18)19-10-3-2-8(6-16)5-9(10)12(13,14)15/h2-5,18H,17H2,1H3/b7-4-,18-11?. The number of halogens is 3. The summed E-state index contributed by atoms with van der Waals surface area (Å²) in [6.07, 6.45) is -3.59. The van der Waals surface area contributed by atoms with Gasteiger partial charge in [0, 0.05) is 11.8 Å². The predicted molar refractivity (Wildman–Crippen MR) is 62.5 cm³/mol. The van der Waals surface area contributed by atoms with Crippen LogP contribution in [0.1, 0.15) is 18.1 Å². The molecule has 0 aliphatic heterocycles. The van der Waals surface area contributed by atoms with Gasteiger partial charge in [0.05, 0.1) is 17.2 Å². The normalized spacial score (nSPS) is 11.8. The van der Waals surface area contributed by atoms with Gasteiger partial charge in [-0.3, -0.25) is 5.41 Å². The molecule has 100 valence electrons. The predicted octanol–water partition coefficient (Wildman–Crippen LogP) is 2.80. The number of ether oxygens (including phenoxy) is 1. The number of rotatable bonds is 2. The number of nitriles is 1. The average molecular weight is 269 g/mol. The molecule has 1 rings (SSSR count). The van der Waals surface area contributed by atoms with E-state index in [2.05, 4.69) is 0 Å². The van der Waals surface area contributed by atoms with E-state index in [-0.39, 0.29) is 11.3 Å². The van der Waals surface area contributed by atoms with E-state index in [1.54, 1.807) is 6.07 Å². The van der Waals surface area contributed by atoms with Crippen LogP contribution in [-0.2, 0) is 6.18 Å². The second-order valence-corrected chi connectivity index (χ2v) is 3.68. The van der Waals surface area contributed by atoms with E-state index in [0.29, 0.717) is 6.07 Å². The van der Waals surface area contributed by atoms with E-state index in [9.17, 15) is 13.2 Å². The number of hydrogen-bond donors (Lipinski definition) is 2. The summed E-state index contributed by atoms with van der Waals surface area (Å²) in [5.41, 5.74) is 4.27. The van der Waals surface area contributed by atoms with E-state index in [0.717, 1.165) is 12.1 Å². The maximum absolute atomic E-state index is 12.8. The number of nitrogens with zero attached hydrogens (tertiary/aromatic N) is 1. The highest BCUT2D eigenvalue weighted by Crippen LogP contribution is 2.36. The van der Waals surface area contributed by atoms with Gasteiger partial charge in [-0.2, -0.15) is 18.4 Å². The second-order valence-electron chi connectivity index (χ2n) is 3.68. The monoisotopic (exact) mass is 269 g/mol. The highest BCUT2D eigenvalue weighted by molar-refractivity contribution is 5.87. The molecule has 0 fully saturated rings. The van der Waals surface area contributed by atoms with Crippen molar-refractivity contribution in [2.24, 2.45) is 5.73 Å². The molecular formula is C12H10F3N3O. The molecule has 0 amide bonds. The van der Waals surface area contributed by atoms with Crippen LogP contribution in [0.2, 0.25) is 0 Å². The van der Waals surface area contributed by atoms with Gasteiger partial charge in [-0.25, -0.2) is 0 Å². The van der Waals surface area contributed by atoms with Crippen LogP contribution >= 0.6 is 0 Å². The fraction of sp³-hybridized carbons (Fsp3) is 0.167. The first-order chi connectivity index (χ1) is 8.74. The Morgan fingerprint density at radius 3 is 2.58 bits per heavy atom.